The zero-order valence-corrected chi connectivity index (χ0v) is 50.7. The number of hydrogen-bond acceptors (Lipinski definition) is 14. The van der Waals surface area contributed by atoms with Crippen LogP contribution in [0.4, 0.5) is 16.2 Å². The number of carbonyl (C=O) groups is 6. The molecule has 4 atom stereocenters. The molecule has 0 aromatic heterocycles. The van der Waals surface area contributed by atoms with E-state index >= 15 is 0 Å². The molecule has 2 fully saturated rings. The molecule has 440 valence electrons. The summed E-state index contributed by atoms with van der Waals surface area (Å²) in [6.45, 7) is 34.8. The van der Waals surface area contributed by atoms with Gasteiger partial charge < -0.3 is 53.5 Å². The van der Waals surface area contributed by atoms with Gasteiger partial charge in [0.1, 0.15) is 19.0 Å². The van der Waals surface area contributed by atoms with Crippen LogP contribution in [0.1, 0.15) is 118 Å². The van der Waals surface area contributed by atoms with E-state index in [1.807, 2.05) is 27.7 Å². The Labute approximate surface area is 480 Å². The Morgan fingerprint density at radius 2 is 1.42 bits per heavy atom. The quantitative estimate of drug-likeness (QED) is 0.0230. The number of nitrogens with zero attached hydrogens (tertiary/aromatic N) is 2. The monoisotopic (exact) mass is 1140 g/mol. The Balaban J connectivity index is 1.28. The highest BCUT2D eigenvalue weighted by Gasteiger charge is 2.41. The minimum atomic E-state index is -2.17. The third-order valence-electron chi connectivity index (χ3n) is 15.1. The van der Waals surface area contributed by atoms with Crippen LogP contribution >= 0.6 is 0 Å². The average molecular weight is 1140 g/mol. The highest BCUT2D eigenvalue weighted by molar-refractivity contribution is 6.74. The molecule has 3 aromatic rings. The first-order valence-corrected chi connectivity index (χ1v) is 30.8. The number of hydrogen-bond donors (Lipinski definition) is 4. The molecular formula is C61H86BN5O13Si. The van der Waals surface area contributed by atoms with Crippen LogP contribution in [0, 0.1) is 18.8 Å². The molecule has 4 amide bonds. The number of carbonyl (C=O) groups excluding carboxylic acids is 6. The number of nitrogens with one attached hydrogen (secondary N) is 3. The van der Waals surface area contributed by atoms with Crippen molar-refractivity contribution in [3.8, 4) is 17.2 Å². The number of ketones is 1. The van der Waals surface area contributed by atoms with Crippen LogP contribution < -0.4 is 30.1 Å². The maximum absolute atomic E-state index is 14.7. The molecule has 0 radical (unpaired) electrons. The summed E-state index contributed by atoms with van der Waals surface area (Å²) in [5.41, 5.74) is 4.96. The van der Waals surface area contributed by atoms with Crippen molar-refractivity contribution in [2.75, 3.05) is 57.2 Å². The van der Waals surface area contributed by atoms with Crippen molar-refractivity contribution in [3.05, 3.63) is 113 Å². The van der Waals surface area contributed by atoms with Crippen molar-refractivity contribution in [2.45, 2.75) is 144 Å². The van der Waals surface area contributed by atoms with Gasteiger partial charge in [-0.3, -0.25) is 29.3 Å². The van der Waals surface area contributed by atoms with Gasteiger partial charge >= 0.3 is 19.1 Å². The van der Waals surface area contributed by atoms with E-state index in [1.165, 1.54) is 13.2 Å². The SMILES string of the molecule is C=CCOC(=O)C[C@H](C(=O)N[C@@H](C)C(=O)Cc1ccc(COC(=O)Nc2cc(OCCCOc3cc(NB(C)O)c(C(=O)N4CC(=C)C[C@H]4CC)cc3OC)c(C)cc2C(=O)N2CC(=C)C[C@H]2CO[Si](C)(C)C(C)(C)C)cc1)C(C)C. The third-order valence-corrected chi connectivity index (χ3v) is 19.6. The Morgan fingerprint density at radius 3 is 2.00 bits per heavy atom. The van der Waals surface area contributed by atoms with Gasteiger partial charge in [0.25, 0.3) is 11.8 Å². The van der Waals surface area contributed by atoms with Crippen molar-refractivity contribution in [3.63, 3.8) is 0 Å². The van der Waals surface area contributed by atoms with Crippen LogP contribution in [0.3, 0.4) is 0 Å². The number of esters is 1. The predicted molar refractivity (Wildman–Crippen MR) is 319 cm³/mol. The molecule has 2 aliphatic rings. The van der Waals surface area contributed by atoms with Gasteiger partial charge in [-0.2, -0.15) is 0 Å². The van der Waals surface area contributed by atoms with E-state index in [9.17, 15) is 33.8 Å². The second-order valence-corrected chi connectivity index (χ2v) is 27.9. The number of methoxy groups -OCH3 is 1. The summed E-state index contributed by atoms with van der Waals surface area (Å²) >= 11 is 0. The fourth-order valence-corrected chi connectivity index (χ4v) is 10.3. The lowest BCUT2D eigenvalue weighted by Gasteiger charge is -2.38. The smallest absolute Gasteiger partial charge is 0.411 e. The lowest BCUT2D eigenvalue weighted by Crippen LogP contribution is -2.46. The van der Waals surface area contributed by atoms with E-state index in [1.54, 1.807) is 72.1 Å². The number of likely N-dealkylation sites (tertiary alicyclic amines) is 2. The molecular weight excluding hydrogens is 1050 g/mol. The first kappa shape index (κ1) is 64.9. The van der Waals surface area contributed by atoms with Crippen molar-refractivity contribution in [1.29, 1.82) is 0 Å². The topological polar surface area (TPSA) is 221 Å². The molecule has 2 aliphatic heterocycles. The second-order valence-electron chi connectivity index (χ2n) is 23.1. The number of Topliss-reactive ketones (excluding diaryl/α,β-unsaturated/α-hetero) is 1. The summed E-state index contributed by atoms with van der Waals surface area (Å²) in [5.74, 6) is -1.44. The molecule has 81 heavy (non-hydrogen) atoms. The zero-order chi connectivity index (χ0) is 59.9. The first-order valence-electron chi connectivity index (χ1n) is 27.9. The number of ether oxygens (including phenoxy) is 5. The molecule has 0 bridgehead atoms. The highest BCUT2D eigenvalue weighted by Crippen LogP contribution is 2.39. The van der Waals surface area contributed by atoms with Crippen LogP contribution in [0.15, 0.2) is 85.5 Å². The molecule has 2 saturated heterocycles. The zero-order valence-electron chi connectivity index (χ0n) is 49.7. The van der Waals surface area contributed by atoms with E-state index in [-0.39, 0.29) is 91.2 Å². The van der Waals surface area contributed by atoms with Gasteiger partial charge in [0.05, 0.1) is 68.2 Å². The number of aryl methyl sites for hydroxylation is 1. The summed E-state index contributed by atoms with van der Waals surface area (Å²) in [6.07, 6.45) is 3.01. The summed E-state index contributed by atoms with van der Waals surface area (Å²) in [5, 5.41) is 18.8. The predicted octanol–water partition coefficient (Wildman–Crippen LogP) is 10.1. The minimum absolute atomic E-state index is 0.0186. The maximum atomic E-state index is 14.7. The second kappa shape index (κ2) is 29.2. The van der Waals surface area contributed by atoms with Gasteiger partial charge in [0, 0.05) is 49.8 Å². The van der Waals surface area contributed by atoms with E-state index in [0.29, 0.717) is 77.7 Å². The Hall–Kier alpha value is -6.90. The molecule has 20 heteroatoms. The van der Waals surface area contributed by atoms with Gasteiger partial charge in [-0.1, -0.05) is 103 Å². The van der Waals surface area contributed by atoms with Gasteiger partial charge in [-0.05, 0) is 92.8 Å². The van der Waals surface area contributed by atoms with Crippen molar-refractivity contribution >= 4 is 62.3 Å². The van der Waals surface area contributed by atoms with Crippen molar-refractivity contribution < 1.29 is 61.9 Å². The normalized spacial score (nSPS) is 16.1. The molecule has 18 nitrogen and oxygen atoms in total. The maximum Gasteiger partial charge on any atom is 0.411 e. The first-order chi connectivity index (χ1) is 38.2. The van der Waals surface area contributed by atoms with Crippen LogP contribution in [0.25, 0.3) is 0 Å². The number of rotatable bonds is 28. The number of benzene rings is 3. The lowest BCUT2D eigenvalue weighted by atomic mass is 9.87. The lowest BCUT2D eigenvalue weighted by molar-refractivity contribution is -0.146. The van der Waals surface area contributed by atoms with E-state index in [4.69, 9.17) is 28.1 Å². The molecule has 5 rings (SSSR count). The molecule has 0 aliphatic carbocycles. The summed E-state index contributed by atoms with van der Waals surface area (Å²) < 4.78 is 35.6. The Kier molecular flexibility index (Phi) is 23.4. The van der Waals surface area contributed by atoms with Crippen LogP contribution in [-0.4, -0.2) is 131 Å². The van der Waals surface area contributed by atoms with Crippen LogP contribution in [0.5, 0.6) is 17.2 Å². The molecule has 4 N–H and O–H groups in total. The standard InChI is InChI=1S/C61H86BN5O13Si/c1-16-23-78-56(69)31-47(38(3)4)57(70)63-42(8)52(68)29-43-19-21-44(22-20-43)36-79-60(73)64-50-32-53(41(7)28-48(50)58(71)67-35-40(6)27-46(67)37-80-81(14,15)61(9,10)11)76-24-18-25-77-55-33-51(65-62(12)74)49(30-54(55)75-13)59(72)66-34-39(5)26-45(66)17-2/h16,19-22,28,30,32-33,38,42,45-47,65,74H,1,5-6,17-18,23-27,29,31,34-37H2,2-4,7-15H3,(H,63,70)(H,64,73)/t42-,45+,46-,47-/m0/s1. The van der Waals surface area contributed by atoms with E-state index < -0.39 is 45.3 Å². The van der Waals surface area contributed by atoms with Crippen molar-refractivity contribution in [1.82, 2.24) is 15.1 Å². The van der Waals surface area contributed by atoms with Crippen molar-refractivity contribution in [2.24, 2.45) is 11.8 Å². The summed E-state index contributed by atoms with van der Waals surface area (Å²) in [6, 6.07) is 12.4. The van der Waals surface area contributed by atoms with Crippen LogP contribution in [-0.2, 0) is 41.3 Å². The summed E-state index contributed by atoms with van der Waals surface area (Å²) in [7, 11) is -1.64. The Bertz CT molecular complexity index is 2780. The Morgan fingerprint density at radius 1 is 0.840 bits per heavy atom. The van der Waals surface area contributed by atoms with Gasteiger partial charge in [0.15, 0.2) is 25.6 Å². The van der Waals surface area contributed by atoms with Crippen LogP contribution in [0.2, 0.25) is 25.0 Å². The molecule has 0 unspecified atom stereocenters. The largest absolute Gasteiger partial charge is 0.493 e. The van der Waals surface area contributed by atoms with E-state index in [2.05, 4.69) is 69.5 Å². The fourth-order valence-electron chi connectivity index (χ4n) is 9.30. The van der Waals surface area contributed by atoms with Gasteiger partial charge in [-0.25, -0.2) is 4.79 Å². The average Bonchev–Trinajstić information content (AvgIpc) is 4.11. The van der Waals surface area contributed by atoms with Gasteiger partial charge in [-0.15, -0.1) is 0 Å². The summed E-state index contributed by atoms with van der Waals surface area (Å²) in [4.78, 5) is 84.5. The number of amides is 4. The molecule has 0 spiro atoms. The van der Waals surface area contributed by atoms with Gasteiger partial charge in [0.2, 0.25) is 5.91 Å². The highest BCUT2D eigenvalue weighted by atomic mass is 28.4. The van der Waals surface area contributed by atoms with E-state index in [0.717, 1.165) is 24.0 Å². The fraction of sp³-hybridized carbons (Fsp3) is 0.508. The molecule has 2 heterocycles. The molecule has 3 aromatic carbocycles. The molecule has 0 saturated carbocycles. The number of anilines is 2. The third kappa shape index (κ3) is 18.0. The minimum Gasteiger partial charge on any atom is -0.493 e.